The molecule has 1 aliphatic carbocycles. The van der Waals surface area contributed by atoms with Crippen LogP contribution in [0.15, 0.2) is 16.1 Å². The summed E-state index contributed by atoms with van der Waals surface area (Å²) < 4.78 is 9.43. The van der Waals surface area contributed by atoms with Crippen molar-refractivity contribution in [2.45, 2.75) is 13.8 Å². The molecule has 0 amide bonds. The van der Waals surface area contributed by atoms with Gasteiger partial charge in [-0.3, -0.25) is 14.4 Å². The maximum Gasteiger partial charge on any atom is 0.333 e. The Hall–Kier alpha value is -2.96. The van der Waals surface area contributed by atoms with E-state index >= 15 is 0 Å². The average molecular weight is 304 g/mol. The third kappa shape index (κ3) is 2.37. The predicted octanol–water partition coefficient (Wildman–Crippen LogP) is -0.610. The molecule has 1 heterocycles. The topological polar surface area (TPSA) is 111 Å². The summed E-state index contributed by atoms with van der Waals surface area (Å²) in [6, 6.07) is 0. The lowest BCUT2D eigenvalue weighted by Gasteiger charge is -2.01. The summed E-state index contributed by atoms with van der Waals surface area (Å²) in [6.07, 6.45) is 1.88. The predicted molar refractivity (Wildman–Crippen MR) is 73.3 cm³/mol. The van der Waals surface area contributed by atoms with Crippen LogP contribution in [0.1, 0.15) is 24.2 Å². The van der Waals surface area contributed by atoms with Crippen molar-refractivity contribution >= 4 is 35.0 Å². The second-order valence-electron chi connectivity index (χ2n) is 4.67. The largest absolute Gasteiger partial charge is 0.480 e. The van der Waals surface area contributed by atoms with Crippen molar-refractivity contribution in [1.29, 1.82) is 0 Å². The van der Waals surface area contributed by atoms with Crippen molar-refractivity contribution in [3.8, 4) is 5.95 Å². The highest BCUT2D eigenvalue weighted by molar-refractivity contribution is 6.60. The Balaban J connectivity index is 2.69. The van der Waals surface area contributed by atoms with Crippen LogP contribution in [-0.2, 0) is 19.1 Å². The molecule has 0 saturated carbocycles. The Kier molecular flexibility index (Phi) is 3.81. The molecular weight excluding hydrogens is 292 g/mol. The van der Waals surface area contributed by atoms with Crippen LogP contribution in [0, 0.1) is 0 Å². The summed E-state index contributed by atoms with van der Waals surface area (Å²) in [5.74, 6) is -3.74. The third-order valence-electron chi connectivity index (χ3n) is 3.22. The van der Waals surface area contributed by atoms with Crippen molar-refractivity contribution in [1.82, 2.24) is 0 Å². The minimum absolute atomic E-state index is 0.000906. The molecule has 1 aromatic rings. The monoisotopic (exact) mass is 304 g/mol. The molecule has 0 aromatic carbocycles. The molecule has 0 bridgehead atoms. The third-order valence-corrected chi connectivity index (χ3v) is 3.22. The van der Waals surface area contributed by atoms with E-state index in [1.54, 1.807) is 0 Å². The summed E-state index contributed by atoms with van der Waals surface area (Å²) in [4.78, 5) is 46.7. The van der Waals surface area contributed by atoms with E-state index in [1.807, 2.05) is 0 Å². The first-order chi connectivity index (χ1) is 10.3. The van der Waals surface area contributed by atoms with Crippen LogP contribution in [-0.4, -0.2) is 35.5 Å². The van der Waals surface area contributed by atoms with E-state index in [4.69, 9.17) is 4.42 Å². The number of fused-ring (bicyclic) bond motifs is 1. The van der Waals surface area contributed by atoms with Gasteiger partial charge in [0.2, 0.25) is 11.6 Å². The normalized spacial score (nSPS) is 14.5. The number of ether oxygens (including phenoxy) is 1. The number of hydrogen-bond acceptors (Lipinski definition) is 7. The number of Topliss-reactive ketones (excluding diaryl/α,β-unsaturated/α-hetero) is 2. The first-order valence-electron chi connectivity index (χ1n) is 6.22. The molecule has 22 heavy (non-hydrogen) atoms. The number of aromatic hydroxyl groups is 1. The Morgan fingerprint density at radius 3 is 2.55 bits per heavy atom. The number of allylic oxidation sites excluding steroid dienone is 1. The zero-order valence-electron chi connectivity index (χ0n) is 12.1. The number of furan rings is 1. The summed E-state index contributed by atoms with van der Waals surface area (Å²) in [5.41, 5.74) is -0.319. The van der Waals surface area contributed by atoms with Crippen LogP contribution in [0.5, 0.6) is 5.95 Å². The van der Waals surface area contributed by atoms with Crippen LogP contribution in [0.4, 0.5) is 0 Å². The van der Waals surface area contributed by atoms with Gasteiger partial charge in [-0.05, 0) is 19.9 Å². The summed E-state index contributed by atoms with van der Waals surface area (Å²) >= 11 is 0. The second kappa shape index (κ2) is 5.44. The van der Waals surface area contributed by atoms with Crippen molar-refractivity contribution in [3.05, 3.63) is 27.8 Å². The molecule has 0 atom stereocenters. The highest BCUT2D eigenvalue weighted by Gasteiger charge is 2.27. The number of ketones is 3. The maximum atomic E-state index is 12.2. The molecule has 7 nitrogen and oxygen atoms in total. The number of esters is 1. The average Bonchev–Trinajstić information content (AvgIpc) is 2.79. The van der Waals surface area contributed by atoms with Gasteiger partial charge in [0, 0.05) is 22.4 Å². The molecule has 0 spiro atoms. The van der Waals surface area contributed by atoms with E-state index in [0.29, 0.717) is 0 Å². The maximum absolute atomic E-state index is 12.2. The quantitative estimate of drug-likeness (QED) is 0.343. The van der Waals surface area contributed by atoms with Crippen molar-refractivity contribution in [3.63, 3.8) is 0 Å². The molecule has 7 heteroatoms. The van der Waals surface area contributed by atoms with Gasteiger partial charge in [0.15, 0.2) is 5.78 Å². The molecule has 1 aromatic heterocycles. The Morgan fingerprint density at radius 2 is 1.95 bits per heavy atom. The van der Waals surface area contributed by atoms with Crippen LogP contribution >= 0.6 is 0 Å². The number of hydrogen-bond donors (Lipinski definition) is 1. The first kappa shape index (κ1) is 15.4. The Bertz CT molecular complexity index is 864. The molecule has 114 valence electrons. The van der Waals surface area contributed by atoms with Crippen molar-refractivity contribution in [2.75, 3.05) is 7.11 Å². The zero-order valence-corrected chi connectivity index (χ0v) is 12.1. The number of rotatable bonds is 3. The van der Waals surface area contributed by atoms with E-state index < -0.39 is 29.3 Å². The molecule has 0 radical (unpaired) electrons. The van der Waals surface area contributed by atoms with Gasteiger partial charge < -0.3 is 14.3 Å². The van der Waals surface area contributed by atoms with Gasteiger partial charge in [0.25, 0.3) is 5.95 Å². The summed E-state index contributed by atoms with van der Waals surface area (Å²) in [7, 11) is 1.17. The second-order valence-corrected chi connectivity index (χ2v) is 4.67. The van der Waals surface area contributed by atoms with Crippen LogP contribution in [0.2, 0.25) is 0 Å². The smallest absolute Gasteiger partial charge is 0.333 e. The lowest BCUT2D eigenvalue weighted by atomic mass is 9.98. The minimum atomic E-state index is -0.793. The minimum Gasteiger partial charge on any atom is -0.480 e. The van der Waals surface area contributed by atoms with E-state index in [1.165, 1.54) is 21.0 Å². The van der Waals surface area contributed by atoms with E-state index in [9.17, 15) is 24.3 Å². The molecule has 1 aliphatic rings. The van der Waals surface area contributed by atoms with Gasteiger partial charge in [-0.25, -0.2) is 4.79 Å². The molecule has 1 N–H and O–H groups in total. The SMILES string of the molecule is COC(=O)/C(C)=C\C(=O)c1c(O)oc2c1=C(C)C(=O)C(=O)C=2. The fourth-order valence-corrected chi connectivity index (χ4v) is 2.11. The van der Waals surface area contributed by atoms with Crippen LogP contribution < -0.4 is 10.6 Å². The summed E-state index contributed by atoms with van der Waals surface area (Å²) in [6.45, 7) is 2.72. The molecule has 2 rings (SSSR count). The van der Waals surface area contributed by atoms with Gasteiger partial charge in [0.1, 0.15) is 11.0 Å². The number of methoxy groups -OCH3 is 1. The highest BCUT2D eigenvalue weighted by atomic mass is 16.5. The van der Waals surface area contributed by atoms with E-state index in [-0.39, 0.29) is 27.3 Å². The van der Waals surface area contributed by atoms with Crippen LogP contribution in [0.3, 0.4) is 0 Å². The zero-order chi connectivity index (χ0) is 16.6. The fraction of sp³-hybridized carbons (Fsp3) is 0.200. The first-order valence-corrected chi connectivity index (χ1v) is 6.22. The van der Waals surface area contributed by atoms with Crippen molar-refractivity contribution in [2.24, 2.45) is 0 Å². The molecule has 0 unspecified atom stereocenters. The molecule has 0 aliphatic heterocycles. The summed E-state index contributed by atoms with van der Waals surface area (Å²) in [5, 5.41) is 9.84. The van der Waals surface area contributed by atoms with Gasteiger partial charge in [0.05, 0.1) is 7.11 Å². The van der Waals surface area contributed by atoms with Gasteiger partial charge in [-0.1, -0.05) is 0 Å². The van der Waals surface area contributed by atoms with Gasteiger partial charge in [-0.15, -0.1) is 0 Å². The molecule has 0 fully saturated rings. The van der Waals surface area contributed by atoms with Crippen LogP contribution in [0.25, 0.3) is 11.6 Å². The molecular formula is C15H12O7. The lowest BCUT2D eigenvalue weighted by molar-refractivity contribution is -0.136. The fourth-order valence-electron chi connectivity index (χ4n) is 2.11. The number of carbonyl (C=O) groups excluding carboxylic acids is 4. The Labute approximate surface area is 124 Å². The lowest BCUT2D eigenvalue weighted by Crippen LogP contribution is -2.36. The van der Waals surface area contributed by atoms with E-state index in [0.717, 1.165) is 12.2 Å². The standard InChI is InChI=1S/C15H12O7/c1-6(14(19)21-3)4-8(16)12-11-7(2)13(18)9(17)5-10(11)22-15(12)20/h4-5,20H,1-3H3/b6-4-. The Morgan fingerprint density at radius 1 is 1.32 bits per heavy atom. The number of carbonyl (C=O) groups is 4. The van der Waals surface area contributed by atoms with E-state index in [2.05, 4.69) is 4.74 Å². The van der Waals surface area contributed by atoms with Gasteiger partial charge in [-0.2, -0.15) is 0 Å². The highest BCUT2D eigenvalue weighted by Crippen LogP contribution is 2.15. The molecule has 0 saturated heterocycles. The van der Waals surface area contributed by atoms with Crippen molar-refractivity contribution < 1.29 is 33.4 Å². The van der Waals surface area contributed by atoms with Gasteiger partial charge >= 0.3 is 5.97 Å².